The van der Waals surface area contributed by atoms with E-state index >= 15 is 0 Å². The van der Waals surface area contributed by atoms with Gasteiger partial charge in [0.2, 0.25) is 0 Å². The van der Waals surface area contributed by atoms with Crippen molar-refractivity contribution in [2.45, 2.75) is 0 Å². The molecule has 0 saturated heterocycles. The number of hydrogen-bond acceptors (Lipinski definition) is 1. The lowest BCUT2D eigenvalue weighted by Crippen LogP contribution is -1.81. The van der Waals surface area contributed by atoms with Crippen molar-refractivity contribution in [1.29, 1.82) is 0 Å². The maximum atomic E-state index is 7.83. The predicted molar refractivity (Wildman–Crippen MR) is 22.1 cm³/mol. The van der Waals surface area contributed by atoms with E-state index in [9.17, 15) is 0 Å². The number of aliphatic hydroxyl groups excluding tert-OH is 1. The Labute approximate surface area is 31.1 Å². The SMILES string of the molecule is OCC[SH2+]. The van der Waals surface area contributed by atoms with Crippen molar-refractivity contribution < 1.29 is 5.11 Å². The molecule has 2 heteroatoms. The van der Waals surface area contributed by atoms with Crippen LogP contribution in [-0.4, -0.2) is 17.5 Å². The molecule has 0 aromatic rings. The summed E-state index contributed by atoms with van der Waals surface area (Å²) >= 11 is 3.04. The van der Waals surface area contributed by atoms with E-state index in [-0.39, 0.29) is 6.61 Å². The Bertz CT molecular complexity index is 8.00. The van der Waals surface area contributed by atoms with Gasteiger partial charge in [0.25, 0.3) is 0 Å². The number of aliphatic hydroxyl groups is 1. The van der Waals surface area contributed by atoms with Crippen LogP contribution in [0.3, 0.4) is 0 Å². The fourth-order valence-corrected chi connectivity index (χ4v) is 0. The lowest BCUT2D eigenvalue weighted by atomic mass is 10.9. The minimum atomic E-state index is 0.233. The fraction of sp³-hybridized carbons (Fsp3) is 1.00. The average molecular weight is 79.1 g/mol. The summed E-state index contributed by atoms with van der Waals surface area (Å²) in [6.07, 6.45) is 0. The Morgan fingerprint density at radius 3 is 2.00 bits per heavy atom. The molecule has 0 amide bonds. The normalized spacial score (nSPS) is 7.50. The first-order valence-electron chi connectivity index (χ1n) is 1.17. The smallest absolute Gasteiger partial charge is 0.126 e. The molecule has 26 valence electrons. The highest BCUT2D eigenvalue weighted by Crippen LogP contribution is 1.44. The van der Waals surface area contributed by atoms with E-state index in [4.69, 9.17) is 5.11 Å². The van der Waals surface area contributed by atoms with Gasteiger partial charge in [0.15, 0.2) is 0 Å². The van der Waals surface area contributed by atoms with E-state index < -0.39 is 0 Å². The molecule has 0 rings (SSSR count). The molecule has 0 aliphatic carbocycles. The summed E-state index contributed by atoms with van der Waals surface area (Å²) in [6.45, 7) is 0.233. The van der Waals surface area contributed by atoms with E-state index in [0.29, 0.717) is 5.75 Å². The topological polar surface area (TPSA) is 20.2 Å². The second-order valence-electron chi connectivity index (χ2n) is 0.474. The van der Waals surface area contributed by atoms with Gasteiger partial charge in [-0.1, -0.05) is 0 Å². The van der Waals surface area contributed by atoms with Crippen molar-refractivity contribution in [3.8, 4) is 0 Å². The van der Waals surface area contributed by atoms with Crippen LogP contribution in [0.1, 0.15) is 0 Å². The second-order valence-corrected chi connectivity index (χ2v) is 0.974. The van der Waals surface area contributed by atoms with Crippen molar-refractivity contribution in [2.75, 3.05) is 12.4 Å². The molecule has 4 heavy (non-hydrogen) atoms. The zero-order valence-corrected chi connectivity index (χ0v) is 3.36. The third kappa shape index (κ3) is 2.31. The van der Waals surface area contributed by atoms with E-state index in [2.05, 4.69) is 12.6 Å². The van der Waals surface area contributed by atoms with E-state index in [1.54, 1.807) is 0 Å². The summed E-state index contributed by atoms with van der Waals surface area (Å²) < 4.78 is 0. The molecule has 0 heterocycles. The van der Waals surface area contributed by atoms with Gasteiger partial charge in [-0.2, -0.15) is 0 Å². The van der Waals surface area contributed by atoms with Crippen molar-refractivity contribution in [2.24, 2.45) is 0 Å². The number of rotatable bonds is 1. The van der Waals surface area contributed by atoms with Crippen LogP contribution in [0.4, 0.5) is 0 Å². The van der Waals surface area contributed by atoms with Crippen LogP contribution in [0.5, 0.6) is 0 Å². The molecule has 1 nitrogen and oxygen atoms in total. The molecule has 0 aromatic carbocycles. The number of hydrogen-bond donors (Lipinski definition) is 1. The highest BCUT2D eigenvalue weighted by atomic mass is 32.1. The summed E-state index contributed by atoms with van der Waals surface area (Å²) in [5.41, 5.74) is 0. The quantitative estimate of drug-likeness (QED) is 0.399. The Hall–Kier alpha value is 0.310. The van der Waals surface area contributed by atoms with Crippen molar-refractivity contribution >= 4 is 12.6 Å². The van der Waals surface area contributed by atoms with Crippen molar-refractivity contribution in [3.05, 3.63) is 0 Å². The minimum absolute atomic E-state index is 0.233. The predicted octanol–water partition coefficient (Wildman–Crippen LogP) is -1.01. The molecule has 0 bridgehead atoms. The zero-order valence-electron chi connectivity index (χ0n) is 2.36. The molecule has 0 atom stereocenters. The molecular formula is C2H7OS+. The van der Waals surface area contributed by atoms with E-state index in [0.717, 1.165) is 0 Å². The summed E-state index contributed by atoms with van der Waals surface area (Å²) in [5.74, 6) is 0.681. The third-order valence-electron chi connectivity index (χ3n) is 0.112. The van der Waals surface area contributed by atoms with Gasteiger partial charge in [-0.25, -0.2) is 0 Å². The molecule has 0 aliphatic rings. The Morgan fingerprint density at radius 1 is 1.75 bits per heavy atom. The van der Waals surface area contributed by atoms with Crippen LogP contribution < -0.4 is 0 Å². The molecule has 0 fully saturated rings. The fourth-order valence-electron chi connectivity index (χ4n) is 0. The first-order valence-corrected chi connectivity index (χ1v) is 1.88. The average Bonchev–Trinajstić information content (AvgIpc) is 1.37. The zero-order chi connectivity index (χ0) is 3.41. The van der Waals surface area contributed by atoms with Crippen LogP contribution in [0.2, 0.25) is 0 Å². The Balaban J connectivity index is 1.97. The first-order chi connectivity index (χ1) is 1.91. The Kier molecular flexibility index (Phi) is 3.57. The molecule has 0 spiro atoms. The van der Waals surface area contributed by atoms with Gasteiger partial charge >= 0.3 is 0 Å². The lowest BCUT2D eigenvalue weighted by molar-refractivity contribution is 0.323. The van der Waals surface area contributed by atoms with Gasteiger partial charge in [-0.15, -0.1) is 0 Å². The summed E-state index contributed by atoms with van der Waals surface area (Å²) in [4.78, 5) is 0. The highest BCUT2D eigenvalue weighted by molar-refractivity contribution is 7.58. The highest BCUT2D eigenvalue weighted by Gasteiger charge is 1.65. The van der Waals surface area contributed by atoms with Gasteiger partial charge in [0.05, 0.1) is 6.61 Å². The van der Waals surface area contributed by atoms with Crippen LogP contribution in [0.15, 0.2) is 0 Å². The standard InChI is InChI=1S/C2H6OS/c3-1-2-4/h3-4H,1-2H2/p+1. The van der Waals surface area contributed by atoms with Crippen LogP contribution >= 0.6 is 0 Å². The molecule has 1 N–H and O–H groups in total. The maximum Gasteiger partial charge on any atom is 0.126 e. The van der Waals surface area contributed by atoms with Crippen LogP contribution in [0.25, 0.3) is 0 Å². The molecule has 0 unspecified atom stereocenters. The molecule has 0 saturated carbocycles. The van der Waals surface area contributed by atoms with Gasteiger partial charge in [0, 0.05) is 0 Å². The monoisotopic (exact) mass is 79.0 g/mol. The first kappa shape index (κ1) is 4.31. The largest absolute Gasteiger partial charge is 0.392 e. The van der Waals surface area contributed by atoms with Gasteiger partial charge < -0.3 is 5.11 Å². The summed E-state index contributed by atoms with van der Waals surface area (Å²) in [5, 5.41) is 7.83. The van der Waals surface area contributed by atoms with Crippen LogP contribution in [0, 0.1) is 0 Å². The van der Waals surface area contributed by atoms with Gasteiger partial charge in [-0.3, -0.25) is 0 Å². The Morgan fingerprint density at radius 2 is 2.00 bits per heavy atom. The summed E-state index contributed by atoms with van der Waals surface area (Å²) in [6, 6.07) is 0. The molecular weight excluding hydrogens is 72.1 g/mol. The van der Waals surface area contributed by atoms with Gasteiger partial charge in [0.1, 0.15) is 5.75 Å². The lowest BCUT2D eigenvalue weighted by Gasteiger charge is -1.62. The van der Waals surface area contributed by atoms with E-state index in [1.807, 2.05) is 0 Å². The van der Waals surface area contributed by atoms with E-state index in [1.165, 1.54) is 0 Å². The van der Waals surface area contributed by atoms with Crippen molar-refractivity contribution in [1.82, 2.24) is 0 Å². The molecule has 0 radical (unpaired) electrons. The minimum Gasteiger partial charge on any atom is -0.392 e. The molecule has 0 aromatic heterocycles. The second kappa shape index (κ2) is 3.31. The van der Waals surface area contributed by atoms with Crippen LogP contribution in [-0.2, 0) is 12.6 Å². The van der Waals surface area contributed by atoms with Crippen molar-refractivity contribution in [3.63, 3.8) is 0 Å². The maximum absolute atomic E-state index is 7.83. The third-order valence-corrected chi connectivity index (χ3v) is 0.335. The molecule has 0 aliphatic heterocycles. The summed E-state index contributed by atoms with van der Waals surface area (Å²) in [7, 11) is 0. The van der Waals surface area contributed by atoms with Gasteiger partial charge in [-0.05, 0) is 12.6 Å².